The van der Waals surface area contributed by atoms with Crippen molar-refractivity contribution in [3.63, 3.8) is 0 Å². The fourth-order valence-corrected chi connectivity index (χ4v) is 3.10. The van der Waals surface area contributed by atoms with Crippen molar-refractivity contribution in [2.45, 2.75) is 25.9 Å². The van der Waals surface area contributed by atoms with Crippen molar-refractivity contribution in [2.75, 3.05) is 6.54 Å². The molecule has 1 saturated heterocycles. The number of aromatic nitrogens is 2. The van der Waals surface area contributed by atoms with Gasteiger partial charge >= 0.3 is 0 Å². The van der Waals surface area contributed by atoms with E-state index >= 15 is 0 Å². The Balaban J connectivity index is 1.68. The van der Waals surface area contributed by atoms with Gasteiger partial charge in [0.05, 0.1) is 5.02 Å². The smallest absolute Gasteiger partial charge is 0.273 e. The van der Waals surface area contributed by atoms with Crippen LogP contribution in [0.5, 0.6) is 0 Å². The fraction of sp³-hybridized carbons (Fsp3) is 0.353. The number of carbonyl (C=O) groups excluding carboxylic acids is 2. The van der Waals surface area contributed by atoms with Gasteiger partial charge in [-0.25, -0.2) is 0 Å². The largest absolute Gasteiger partial charge is 0.347 e. The summed E-state index contributed by atoms with van der Waals surface area (Å²) in [4.78, 5) is 25.9. The topological polar surface area (TPSA) is 67.2 Å². The lowest BCUT2D eigenvalue weighted by Crippen LogP contribution is -2.27. The third kappa shape index (κ3) is 3.59. The molecule has 1 N–H and O–H groups in total. The Bertz CT molecular complexity index is 772. The summed E-state index contributed by atoms with van der Waals surface area (Å²) in [6.07, 6.45) is 3.12. The van der Waals surface area contributed by atoms with Crippen molar-refractivity contribution >= 4 is 23.4 Å². The van der Waals surface area contributed by atoms with Gasteiger partial charge in [-0.1, -0.05) is 35.9 Å². The van der Waals surface area contributed by atoms with Crippen LogP contribution in [0.15, 0.2) is 30.5 Å². The minimum absolute atomic E-state index is 0.189. The third-order valence-electron chi connectivity index (χ3n) is 4.09. The third-order valence-corrected chi connectivity index (χ3v) is 4.37. The summed E-state index contributed by atoms with van der Waals surface area (Å²) < 4.78 is 1.50. The van der Waals surface area contributed by atoms with Crippen LogP contribution in [-0.4, -0.2) is 33.0 Å². The van der Waals surface area contributed by atoms with E-state index in [1.807, 2.05) is 29.2 Å². The van der Waals surface area contributed by atoms with Gasteiger partial charge in [0.15, 0.2) is 5.69 Å². The van der Waals surface area contributed by atoms with Crippen LogP contribution in [-0.2, 0) is 24.9 Å². The molecule has 3 rings (SSSR count). The lowest BCUT2D eigenvalue weighted by molar-refractivity contribution is -0.128. The van der Waals surface area contributed by atoms with E-state index in [1.165, 1.54) is 4.68 Å². The summed E-state index contributed by atoms with van der Waals surface area (Å²) >= 11 is 5.99. The number of likely N-dealkylation sites (tertiary alicyclic amines) is 1. The molecule has 2 amide bonds. The SMILES string of the molecule is Cn1cc(Cl)c(C(=O)NCc2ccccc2CN2CCCC2=O)n1. The van der Waals surface area contributed by atoms with Gasteiger partial charge in [-0.2, -0.15) is 5.10 Å². The van der Waals surface area contributed by atoms with Crippen molar-refractivity contribution in [3.05, 3.63) is 52.3 Å². The molecule has 7 heteroatoms. The van der Waals surface area contributed by atoms with Crippen molar-refractivity contribution in [3.8, 4) is 0 Å². The van der Waals surface area contributed by atoms with Crippen LogP contribution in [0, 0.1) is 0 Å². The van der Waals surface area contributed by atoms with Crippen molar-refractivity contribution < 1.29 is 9.59 Å². The Morgan fingerprint density at radius 2 is 2.08 bits per heavy atom. The molecule has 0 radical (unpaired) electrons. The molecule has 1 fully saturated rings. The molecule has 24 heavy (non-hydrogen) atoms. The lowest BCUT2D eigenvalue weighted by Gasteiger charge is -2.18. The molecule has 0 bridgehead atoms. The first-order valence-corrected chi connectivity index (χ1v) is 8.24. The highest BCUT2D eigenvalue weighted by atomic mass is 35.5. The fourth-order valence-electron chi connectivity index (χ4n) is 2.83. The molecule has 126 valence electrons. The minimum Gasteiger partial charge on any atom is -0.347 e. The molecule has 1 aliphatic heterocycles. The molecule has 2 heterocycles. The predicted molar refractivity (Wildman–Crippen MR) is 90.5 cm³/mol. The first-order chi connectivity index (χ1) is 11.5. The zero-order valence-corrected chi connectivity index (χ0v) is 14.2. The summed E-state index contributed by atoms with van der Waals surface area (Å²) in [6.45, 7) is 1.74. The van der Waals surface area contributed by atoms with E-state index in [0.29, 0.717) is 24.5 Å². The van der Waals surface area contributed by atoms with Gasteiger partial charge < -0.3 is 10.2 Å². The molecule has 0 aliphatic carbocycles. The molecule has 0 unspecified atom stereocenters. The maximum atomic E-state index is 12.2. The second-order valence-corrected chi connectivity index (χ2v) is 6.28. The van der Waals surface area contributed by atoms with E-state index in [9.17, 15) is 9.59 Å². The van der Waals surface area contributed by atoms with Crippen LogP contribution in [0.3, 0.4) is 0 Å². The second kappa shape index (κ2) is 7.05. The van der Waals surface area contributed by atoms with Crippen molar-refractivity contribution in [1.29, 1.82) is 0 Å². The van der Waals surface area contributed by atoms with Crippen LogP contribution in [0.2, 0.25) is 5.02 Å². The van der Waals surface area contributed by atoms with Gasteiger partial charge in [0, 0.05) is 39.3 Å². The Morgan fingerprint density at radius 3 is 2.71 bits per heavy atom. The number of hydrogen-bond donors (Lipinski definition) is 1. The molecule has 1 aromatic carbocycles. The first kappa shape index (κ1) is 16.5. The van der Waals surface area contributed by atoms with Gasteiger partial charge in [0.2, 0.25) is 5.91 Å². The average Bonchev–Trinajstić information content (AvgIpc) is 3.11. The predicted octanol–water partition coefficient (Wildman–Crippen LogP) is 2.13. The van der Waals surface area contributed by atoms with Crippen LogP contribution < -0.4 is 5.32 Å². The molecule has 1 aromatic heterocycles. The van der Waals surface area contributed by atoms with E-state index in [4.69, 9.17) is 11.6 Å². The Kier molecular flexibility index (Phi) is 4.85. The average molecular weight is 347 g/mol. The van der Waals surface area contributed by atoms with Crippen LogP contribution >= 0.6 is 11.6 Å². The Morgan fingerprint density at radius 1 is 1.33 bits per heavy atom. The lowest BCUT2D eigenvalue weighted by atomic mass is 10.1. The van der Waals surface area contributed by atoms with Crippen molar-refractivity contribution in [1.82, 2.24) is 20.0 Å². The standard InChI is InChI=1S/C17H19ClN4O2/c1-21-11-14(18)16(20-21)17(24)19-9-12-5-2-3-6-13(12)10-22-8-4-7-15(22)23/h2-3,5-6,11H,4,7-10H2,1H3,(H,19,24). The van der Waals surface area contributed by atoms with E-state index < -0.39 is 0 Å². The summed E-state index contributed by atoms with van der Waals surface area (Å²) in [5, 5.41) is 7.23. The minimum atomic E-state index is -0.312. The highest BCUT2D eigenvalue weighted by Crippen LogP contribution is 2.18. The monoisotopic (exact) mass is 346 g/mol. The number of halogens is 1. The summed E-state index contributed by atoms with van der Waals surface area (Å²) in [6, 6.07) is 7.80. The quantitative estimate of drug-likeness (QED) is 0.901. The maximum Gasteiger partial charge on any atom is 0.273 e. The summed E-state index contributed by atoms with van der Waals surface area (Å²) in [5.74, 6) is -0.123. The molecule has 0 spiro atoms. The molecule has 1 aliphatic rings. The van der Waals surface area contributed by atoms with Gasteiger partial charge in [-0.15, -0.1) is 0 Å². The van der Waals surface area contributed by atoms with Gasteiger partial charge in [-0.05, 0) is 17.5 Å². The van der Waals surface area contributed by atoms with E-state index in [1.54, 1.807) is 13.2 Å². The summed E-state index contributed by atoms with van der Waals surface area (Å²) in [7, 11) is 1.71. The van der Waals surface area contributed by atoms with Gasteiger partial charge in [-0.3, -0.25) is 14.3 Å². The molecule has 2 aromatic rings. The van der Waals surface area contributed by atoms with E-state index in [-0.39, 0.29) is 17.5 Å². The van der Waals surface area contributed by atoms with Crippen molar-refractivity contribution in [2.24, 2.45) is 7.05 Å². The van der Waals surface area contributed by atoms with E-state index in [2.05, 4.69) is 10.4 Å². The summed E-state index contributed by atoms with van der Waals surface area (Å²) in [5.41, 5.74) is 2.24. The van der Waals surface area contributed by atoms with Crippen LogP contribution in [0.4, 0.5) is 0 Å². The number of aryl methyl sites for hydroxylation is 1. The van der Waals surface area contributed by atoms with Gasteiger partial charge in [0.25, 0.3) is 5.91 Å². The molecule has 6 nitrogen and oxygen atoms in total. The molecule has 0 atom stereocenters. The molecular formula is C17H19ClN4O2. The zero-order chi connectivity index (χ0) is 17.1. The molecule has 0 saturated carbocycles. The van der Waals surface area contributed by atoms with Crippen LogP contribution in [0.1, 0.15) is 34.5 Å². The van der Waals surface area contributed by atoms with Crippen LogP contribution in [0.25, 0.3) is 0 Å². The molecular weight excluding hydrogens is 328 g/mol. The van der Waals surface area contributed by atoms with Gasteiger partial charge in [0.1, 0.15) is 0 Å². The Labute approximate surface area is 145 Å². The number of benzene rings is 1. The number of carbonyl (C=O) groups is 2. The normalized spacial score (nSPS) is 14.2. The first-order valence-electron chi connectivity index (χ1n) is 7.86. The zero-order valence-electron chi connectivity index (χ0n) is 13.5. The second-order valence-electron chi connectivity index (χ2n) is 5.87. The highest BCUT2D eigenvalue weighted by molar-refractivity contribution is 6.33. The number of hydrogen-bond acceptors (Lipinski definition) is 3. The number of nitrogens with one attached hydrogen (secondary N) is 1. The number of amides is 2. The Hall–Kier alpha value is -2.34. The number of rotatable bonds is 5. The van der Waals surface area contributed by atoms with E-state index in [0.717, 1.165) is 24.1 Å². The maximum absolute atomic E-state index is 12.2. The number of nitrogens with zero attached hydrogens (tertiary/aromatic N) is 3. The highest BCUT2D eigenvalue weighted by Gasteiger charge is 2.21.